The summed E-state index contributed by atoms with van der Waals surface area (Å²) in [5.41, 5.74) is 6.93. The molecule has 1 rings (SSSR count). The van der Waals surface area contributed by atoms with Crippen molar-refractivity contribution >= 4 is 5.97 Å². The lowest BCUT2D eigenvalue weighted by atomic mass is 9.96. The maximum Gasteiger partial charge on any atom is 0.310 e. The summed E-state index contributed by atoms with van der Waals surface area (Å²) < 4.78 is 4.93. The van der Waals surface area contributed by atoms with Crippen LogP contribution in [-0.4, -0.2) is 12.6 Å². The second kappa shape index (κ2) is 5.51. The second-order valence-electron chi connectivity index (χ2n) is 3.48. The molecule has 0 bridgehead atoms. The largest absolute Gasteiger partial charge is 0.466 e. The van der Waals surface area contributed by atoms with E-state index in [2.05, 4.69) is 0 Å². The summed E-state index contributed by atoms with van der Waals surface area (Å²) in [6, 6.07) is 9.27. The van der Waals surface area contributed by atoms with Crippen LogP contribution in [0, 0.1) is 5.92 Å². The number of carbonyl (C=O) groups is 1. The third-order valence-corrected chi connectivity index (χ3v) is 2.38. The minimum Gasteiger partial charge on any atom is -0.466 e. The highest BCUT2D eigenvalue weighted by molar-refractivity contribution is 5.73. The molecular formula is C12H17NO2. The van der Waals surface area contributed by atoms with Crippen LogP contribution in [0.25, 0.3) is 0 Å². The molecule has 0 aliphatic carbocycles. The number of nitrogens with two attached hydrogens (primary N) is 1. The molecule has 0 saturated carbocycles. The van der Waals surface area contributed by atoms with E-state index in [1.54, 1.807) is 13.8 Å². The molecule has 0 unspecified atom stereocenters. The van der Waals surface area contributed by atoms with Crippen molar-refractivity contribution in [3.8, 4) is 0 Å². The Labute approximate surface area is 90.2 Å². The van der Waals surface area contributed by atoms with Gasteiger partial charge in [-0.1, -0.05) is 37.3 Å². The fraction of sp³-hybridized carbons (Fsp3) is 0.417. The topological polar surface area (TPSA) is 52.3 Å². The van der Waals surface area contributed by atoms with Crippen molar-refractivity contribution < 1.29 is 9.53 Å². The van der Waals surface area contributed by atoms with Gasteiger partial charge in [0.05, 0.1) is 12.5 Å². The summed E-state index contributed by atoms with van der Waals surface area (Å²) in [6.45, 7) is 3.97. The molecule has 0 amide bonds. The first-order valence-electron chi connectivity index (χ1n) is 5.14. The Kier molecular flexibility index (Phi) is 4.31. The fourth-order valence-electron chi connectivity index (χ4n) is 1.38. The quantitative estimate of drug-likeness (QED) is 0.767. The fourth-order valence-corrected chi connectivity index (χ4v) is 1.38. The summed E-state index contributed by atoms with van der Waals surface area (Å²) in [5, 5.41) is 0. The third-order valence-electron chi connectivity index (χ3n) is 2.38. The van der Waals surface area contributed by atoms with Crippen LogP contribution in [0.15, 0.2) is 30.3 Å². The van der Waals surface area contributed by atoms with Crippen molar-refractivity contribution in [1.29, 1.82) is 0 Å². The summed E-state index contributed by atoms with van der Waals surface area (Å²) >= 11 is 0. The average Bonchev–Trinajstić information content (AvgIpc) is 2.28. The van der Waals surface area contributed by atoms with Gasteiger partial charge in [0.1, 0.15) is 0 Å². The molecule has 1 aromatic carbocycles. The summed E-state index contributed by atoms with van der Waals surface area (Å²) in [7, 11) is 0. The van der Waals surface area contributed by atoms with Gasteiger partial charge in [0, 0.05) is 6.04 Å². The molecule has 1 aromatic rings. The molecule has 0 spiro atoms. The molecule has 15 heavy (non-hydrogen) atoms. The van der Waals surface area contributed by atoms with Crippen molar-refractivity contribution in [3.05, 3.63) is 35.9 Å². The molecule has 0 aromatic heterocycles. The van der Waals surface area contributed by atoms with Crippen LogP contribution in [0.2, 0.25) is 0 Å². The standard InChI is InChI=1S/C12H17NO2/c1-3-15-12(14)9(2)11(13)10-7-5-4-6-8-10/h4-9,11H,3,13H2,1-2H3/t9-,11+/m1/s1. The van der Waals surface area contributed by atoms with Crippen molar-refractivity contribution in [1.82, 2.24) is 0 Å². The van der Waals surface area contributed by atoms with E-state index in [9.17, 15) is 4.79 Å². The van der Waals surface area contributed by atoms with Gasteiger partial charge in [0.15, 0.2) is 0 Å². The first kappa shape index (κ1) is 11.7. The van der Waals surface area contributed by atoms with Crippen molar-refractivity contribution in [2.75, 3.05) is 6.61 Å². The predicted molar refractivity (Wildman–Crippen MR) is 59.2 cm³/mol. The molecule has 3 nitrogen and oxygen atoms in total. The maximum atomic E-state index is 11.5. The SMILES string of the molecule is CCOC(=O)[C@H](C)[C@H](N)c1ccccc1. The van der Waals surface area contributed by atoms with Crippen LogP contribution in [0.4, 0.5) is 0 Å². The number of ether oxygens (including phenoxy) is 1. The molecule has 0 heterocycles. The number of hydrogen-bond donors (Lipinski definition) is 1. The lowest BCUT2D eigenvalue weighted by Gasteiger charge is -2.18. The Morgan fingerprint density at radius 1 is 1.40 bits per heavy atom. The minimum atomic E-state index is -0.313. The first-order valence-corrected chi connectivity index (χ1v) is 5.14. The highest BCUT2D eigenvalue weighted by Gasteiger charge is 2.22. The minimum absolute atomic E-state index is 0.242. The first-order chi connectivity index (χ1) is 7.16. The molecule has 0 fully saturated rings. The van der Waals surface area contributed by atoms with E-state index in [0.717, 1.165) is 5.56 Å². The van der Waals surface area contributed by atoms with Crippen LogP contribution < -0.4 is 5.73 Å². The Bertz CT molecular complexity index is 311. The van der Waals surface area contributed by atoms with Crippen LogP contribution in [0.3, 0.4) is 0 Å². The summed E-state index contributed by atoms with van der Waals surface area (Å²) in [4.78, 5) is 11.5. The van der Waals surface area contributed by atoms with Gasteiger partial charge in [-0.25, -0.2) is 0 Å². The van der Waals surface area contributed by atoms with E-state index in [-0.39, 0.29) is 17.9 Å². The van der Waals surface area contributed by atoms with Gasteiger partial charge in [-0.15, -0.1) is 0 Å². The molecular weight excluding hydrogens is 190 g/mol. The van der Waals surface area contributed by atoms with Crippen LogP contribution >= 0.6 is 0 Å². The summed E-state index contributed by atoms with van der Waals surface area (Å²) in [5.74, 6) is -0.554. The lowest BCUT2D eigenvalue weighted by molar-refractivity contribution is -0.148. The Hall–Kier alpha value is -1.35. The molecule has 82 valence electrons. The van der Waals surface area contributed by atoms with Crippen molar-refractivity contribution in [2.24, 2.45) is 11.7 Å². The van der Waals surface area contributed by atoms with E-state index in [1.165, 1.54) is 0 Å². The average molecular weight is 207 g/mol. The van der Waals surface area contributed by atoms with E-state index < -0.39 is 0 Å². The van der Waals surface area contributed by atoms with Crippen LogP contribution in [0.5, 0.6) is 0 Å². The molecule has 2 atom stereocenters. The van der Waals surface area contributed by atoms with Gasteiger partial charge in [0.2, 0.25) is 0 Å². The van der Waals surface area contributed by atoms with Crippen LogP contribution in [0.1, 0.15) is 25.5 Å². The number of esters is 1. The van der Waals surface area contributed by atoms with Gasteiger partial charge < -0.3 is 10.5 Å². The number of carbonyl (C=O) groups excluding carboxylic acids is 1. The van der Waals surface area contributed by atoms with Gasteiger partial charge in [-0.2, -0.15) is 0 Å². The lowest BCUT2D eigenvalue weighted by Crippen LogP contribution is -2.27. The second-order valence-corrected chi connectivity index (χ2v) is 3.48. The third kappa shape index (κ3) is 3.06. The van der Waals surface area contributed by atoms with Crippen molar-refractivity contribution in [2.45, 2.75) is 19.9 Å². The van der Waals surface area contributed by atoms with Gasteiger partial charge >= 0.3 is 5.97 Å². The monoisotopic (exact) mass is 207 g/mol. The van der Waals surface area contributed by atoms with E-state index in [4.69, 9.17) is 10.5 Å². The smallest absolute Gasteiger partial charge is 0.310 e. The van der Waals surface area contributed by atoms with Crippen molar-refractivity contribution in [3.63, 3.8) is 0 Å². The molecule has 2 N–H and O–H groups in total. The number of hydrogen-bond acceptors (Lipinski definition) is 3. The zero-order valence-corrected chi connectivity index (χ0v) is 9.14. The maximum absolute atomic E-state index is 11.5. The van der Waals surface area contributed by atoms with Gasteiger partial charge in [-0.05, 0) is 12.5 Å². The highest BCUT2D eigenvalue weighted by atomic mass is 16.5. The zero-order valence-electron chi connectivity index (χ0n) is 9.14. The zero-order chi connectivity index (χ0) is 11.3. The highest BCUT2D eigenvalue weighted by Crippen LogP contribution is 2.19. The summed E-state index contributed by atoms with van der Waals surface area (Å²) in [6.07, 6.45) is 0. The van der Waals surface area contributed by atoms with E-state index >= 15 is 0 Å². The molecule has 0 saturated heterocycles. The van der Waals surface area contributed by atoms with E-state index in [0.29, 0.717) is 6.61 Å². The van der Waals surface area contributed by atoms with Gasteiger partial charge in [-0.3, -0.25) is 4.79 Å². The normalized spacial score (nSPS) is 14.3. The van der Waals surface area contributed by atoms with Gasteiger partial charge in [0.25, 0.3) is 0 Å². The molecule has 3 heteroatoms. The molecule has 0 aliphatic rings. The molecule has 0 aliphatic heterocycles. The van der Waals surface area contributed by atoms with Crippen LogP contribution in [-0.2, 0) is 9.53 Å². The predicted octanol–water partition coefficient (Wildman–Crippen LogP) is 1.89. The van der Waals surface area contributed by atoms with E-state index in [1.807, 2.05) is 30.3 Å². The Morgan fingerprint density at radius 3 is 2.53 bits per heavy atom. The number of benzene rings is 1. The molecule has 0 radical (unpaired) electrons. The number of rotatable bonds is 4. The Balaban J connectivity index is 2.68. The Morgan fingerprint density at radius 2 is 2.00 bits per heavy atom.